The Bertz CT molecular complexity index is 779. The lowest BCUT2D eigenvalue weighted by molar-refractivity contribution is 0.0919. The Kier molecular flexibility index (Phi) is 4.22. The first-order chi connectivity index (χ1) is 11.1. The van der Waals surface area contributed by atoms with Crippen LogP contribution in [0.15, 0.2) is 16.9 Å². The van der Waals surface area contributed by atoms with E-state index in [4.69, 9.17) is 0 Å². The number of amides is 1. The van der Waals surface area contributed by atoms with Gasteiger partial charge in [0.05, 0.1) is 0 Å². The topological polar surface area (TPSA) is 94.7 Å². The van der Waals surface area contributed by atoms with E-state index in [9.17, 15) is 9.59 Å². The molecule has 0 saturated heterocycles. The van der Waals surface area contributed by atoms with Crippen LogP contribution in [0, 0.1) is 6.92 Å². The van der Waals surface area contributed by atoms with Gasteiger partial charge in [-0.3, -0.25) is 9.59 Å². The van der Waals surface area contributed by atoms with Gasteiger partial charge < -0.3 is 9.88 Å². The second kappa shape index (κ2) is 6.31. The van der Waals surface area contributed by atoms with Crippen molar-refractivity contribution in [2.45, 2.75) is 52.2 Å². The first-order valence-corrected chi connectivity index (χ1v) is 7.86. The highest BCUT2D eigenvalue weighted by Crippen LogP contribution is 2.14. The van der Waals surface area contributed by atoms with Crippen molar-refractivity contribution >= 4 is 5.91 Å². The van der Waals surface area contributed by atoms with Crippen LogP contribution < -0.4 is 10.9 Å². The molecule has 2 aromatic rings. The number of carbonyl (C=O) groups excluding carboxylic acids is 1. The van der Waals surface area contributed by atoms with Crippen LogP contribution in [-0.2, 0) is 19.5 Å². The number of aromatic nitrogens is 5. The Morgan fingerprint density at radius 1 is 1.39 bits per heavy atom. The monoisotopic (exact) mass is 316 g/mol. The Morgan fingerprint density at radius 2 is 2.22 bits per heavy atom. The minimum absolute atomic E-state index is 0.0121. The van der Waals surface area contributed by atoms with E-state index >= 15 is 0 Å². The summed E-state index contributed by atoms with van der Waals surface area (Å²) in [6.07, 6.45) is 2.39. The third kappa shape index (κ3) is 3.15. The van der Waals surface area contributed by atoms with Gasteiger partial charge in [0, 0.05) is 31.6 Å². The molecule has 0 fully saturated rings. The second-order valence-corrected chi connectivity index (χ2v) is 5.76. The van der Waals surface area contributed by atoms with Crippen molar-refractivity contribution in [2.24, 2.45) is 0 Å². The van der Waals surface area contributed by atoms with E-state index in [0.29, 0.717) is 13.1 Å². The van der Waals surface area contributed by atoms with Crippen molar-refractivity contribution in [3.8, 4) is 0 Å². The third-order valence-corrected chi connectivity index (χ3v) is 4.00. The van der Waals surface area contributed by atoms with Gasteiger partial charge >= 0.3 is 0 Å². The summed E-state index contributed by atoms with van der Waals surface area (Å²) in [7, 11) is 0. The molecule has 1 unspecified atom stereocenters. The molecule has 1 aliphatic rings. The fourth-order valence-corrected chi connectivity index (χ4v) is 2.78. The van der Waals surface area contributed by atoms with Crippen LogP contribution in [0.25, 0.3) is 0 Å². The lowest BCUT2D eigenvalue weighted by Gasteiger charge is -2.24. The first kappa shape index (κ1) is 15.4. The van der Waals surface area contributed by atoms with Gasteiger partial charge in [0.25, 0.3) is 11.5 Å². The molecule has 0 aromatic carbocycles. The van der Waals surface area contributed by atoms with Crippen molar-refractivity contribution in [3.05, 3.63) is 39.8 Å². The van der Waals surface area contributed by atoms with Crippen molar-refractivity contribution < 1.29 is 4.79 Å². The van der Waals surface area contributed by atoms with E-state index in [1.54, 1.807) is 0 Å². The van der Waals surface area contributed by atoms with Gasteiger partial charge in [0.15, 0.2) is 0 Å². The molecule has 2 aromatic heterocycles. The summed E-state index contributed by atoms with van der Waals surface area (Å²) < 4.78 is 3.36. The molecule has 3 heterocycles. The Labute approximate surface area is 133 Å². The summed E-state index contributed by atoms with van der Waals surface area (Å²) in [5, 5.41) is 15.3. The average molecular weight is 316 g/mol. The summed E-state index contributed by atoms with van der Waals surface area (Å²) in [6, 6.07) is 2.88. The summed E-state index contributed by atoms with van der Waals surface area (Å²) in [6.45, 7) is 5.03. The molecule has 0 aliphatic carbocycles. The number of aryl methyl sites for hydroxylation is 3. The standard InChI is InChI=1S/C15H20N6O2/c1-3-8-21-14(22)7-5-12(19-21)15(23)16-11-4-6-13-18-17-10(2)20(13)9-11/h5,7,11H,3-4,6,8-9H2,1-2H3,(H,16,23). The molecule has 23 heavy (non-hydrogen) atoms. The van der Waals surface area contributed by atoms with Gasteiger partial charge in [-0.15, -0.1) is 10.2 Å². The second-order valence-electron chi connectivity index (χ2n) is 5.76. The summed E-state index contributed by atoms with van der Waals surface area (Å²) >= 11 is 0. The van der Waals surface area contributed by atoms with Crippen LogP contribution in [0.1, 0.15) is 41.9 Å². The molecule has 1 amide bonds. The average Bonchev–Trinajstić information content (AvgIpc) is 2.91. The smallest absolute Gasteiger partial charge is 0.272 e. The normalized spacial score (nSPS) is 16.9. The van der Waals surface area contributed by atoms with Gasteiger partial charge in [-0.05, 0) is 25.8 Å². The predicted octanol–water partition coefficient (Wildman–Crippen LogP) is 0.298. The predicted molar refractivity (Wildman–Crippen MR) is 83.1 cm³/mol. The number of carbonyl (C=O) groups is 1. The Hall–Kier alpha value is -2.51. The number of rotatable bonds is 4. The zero-order chi connectivity index (χ0) is 16.4. The molecule has 0 bridgehead atoms. The van der Waals surface area contributed by atoms with Gasteiger partial charge in [0.2, 0.25) is 0 Å². The van der Waals surface area contributed by atoms with Crippen molar-refractivity contribution in [2.75, 3.05) is 0 Å². The minimum atomic E-state index is -0.256. The van der Waals surface area contributed by atoms with Gasteiger partial charge in [0.1, 0.15) is 17.3 Å². The highest BCUT2D eigenvalue weighted by Gasteiger charge is 2.23. The number of hydrogen-bond acceptors (Lipinski definition) is 5. The van der Waals surface area contributed by atoms with E-state index in [2.05, 4.69) is 20.6 Å². The molecule has 0 saturated carbocycles. The fourth-order valence-electron chi connectivity index (χ4n) is 2.78. The zero-order valence-corrected chi connectivity index (χ0v) is 13.3. The van der Waals surface area contributed by atoms with E-state index in [0.717, 1.165) is 30.9 Å². The summed E-state index contributed by atoms with van der Waals surface area (Å²) in [4.78, 5) is 24.1. The van der Waals surface area contributed by atoms with Gasteiger partial charge in [-0.2, -0.15) is 5.10 Å². The van der Waals surface area contributed by atoms with Crippen molar-refractivity contribution in [1.29, 1.82) is 0 Å². The molecular formula is C15H20N6O2. The fraction of sp³-hybridized carbons (Fsp3) is 0.533. The van der Waals surface area contributed by atoms with Crippen molar-refractivity contribution in [3.63, 3.8) is 0 Å². The molecule has 1 aliphatic heterocycles. The van der Waals surface area contributed by atoms with Crippen molar-refractivity contribution in [1.82, 2.24) is 29.9 Å². The maximum Gasteiger partial charge on any atom is 0.272 e. The first-order valence-electron chi connectivity index (χ1n) is 7.86. The maximum absolute atomic E-state index is 12.4. The number of fused-ring (bicyclic) bond motifs is 1. The van der Waals surface area contributed by atoms with E-state index in [1.807, 2.05) is 18.4 Å². The molecule has 1 atom stereocenters. The van der Waals surface area contributed by atoms with Crippen LogP contribution in [0.5, 0.6) is 0 Å². The highest BCUT2D eigenvalue weighted by atomic mass is 16.2. The van der Waals surface area contributed by atoms with Crippen LogP contribution in [0.4, 0.5) is 0 Å². The highest BCUT2D eigenvalue weighted by molar-refractivity contribution is 5.92. The number of nitrogens with zero attached hydrogens (tertiary/aromatic N) is 5. The van der Waals surface area contributed by atoms with Crippen LogP contribution in [-0.4, -0.2) is 36.5 Å². The summed E-state index contributed by atoms with van der Waals surface area (Å²) in [5.74, 6) is 1.56. The molecule has 122 valence electrons. The lowest BCUT2D eigenvalue weighted by atomic mass is 10.1. The lowest BCUT2D eigenvalue weighted by Crippen LogP contribution is -2.42. The molecule has 8 nitrogen and oxygen atoms in total. The maximum atomic E-state index is 12.4. The SMILES string of the molecule is CCCn1nc(C(=O)NC2CCc3nnc(C)n3C2)ccc1=O. The van der Waals surface area contributed by atoms with E-state index in [1.165, 1.54) is 16.8 Å². The Morgan fingerprint density at radius 3 is 3.00 bits per heavy atom. The van der Waals surface area contributed by atoms with Crippen LogP contribution in [0.2, 0.25) is 0 Å². The zero-order valence-electron chi connectivity index (χ0n) is 13.3. The quantitative estimate of drug-likeness (QED) is 0.875. The largest absolute Gasteiger partial charge is 0.346 e. The molecule has 1 N–H and O–H groups in total. The van der Waals surface area contributed by atoms with E-state index in [-0.39, 0.29) is 23.2 Å². The molecule has 3 rings (SSSR count). The minimum Gasteiger partial charge on any atom is -0.346 e. The van der Waals surface area contributed by atoms with Gasteiger partial charge in [-0.1, -0.05) is 6.92 Å². The molecular weight excluding hydrogens is 296 g/mol. The number of nitrogens with one attached hydrogen (secondary N) is 1. The Balaban J connectivity index is 1.71. The number of hydrogen-bond donors (Lipinski definition) is 1. The molecule has 8 heteroatoms. The molecule has 0 spiro atoms. The van der Waals surface area contributed by atoms with Gasteiger partial charge in [-0.25, -0.2) is 4.68 Å². The van der Waals surface area contributed by atoms with Crippen LogP contribution >= 0.6 is 0 Å². The summed E-state index contributed by atoms with van der Waals surface area (Å²) in [5.41, 5.74) is 0.0788. The third-order valence-electron chi connectivity index (χ3n) is 4.00. The molecule has 0 radical (unpaired) electrons. The van der Waals surface area contributed by atoms with E-state index < -0.39 is 0 Å². The van der Waals surface area contributed by atoms with Crippen LogP contribution in [0.3, 0.4) is 0 Å².